The highest BCUT2D eigenvalue weighted by molar-refractivity contribution is 5.62. The third kappa shape index (κ3) is 7.07. The molecule has 0 bridgehead atoms. The molecule has 6 rings (SSSR count). The van der Waals surface area contributed by atoms with Gasteiger partial charge in [-0.2, -0.15) is 0 Å². The summed E-state index contributed by atoms with van der Waals surface area (Å²) in [6, 6.07) is 0. The Morgan fingerprint density at radius 3 is 1.96 bits per heavy atom. The van der Waals surface area contributed by atoms with Crippen LogP contribution < -0.4 is 0 Å². The maximum absolute atomic E-state index is 13.8. The molecule has 14 heteroatoms. The van der Waals surface area contributed by atoms with Crippen molar-refractivity contribution >= 4 is 6.29 Å². The predicted octanol–water partition coefficient (Wildman–Crippen LogP) is 1.33. The van der Waals surface area contributed by atoms with Gasteiger partial charge in [-0.25, -0.2) is 0 Å². The lowest BCUT2D eigenvalue weighted by atomic mass is 9.35. The molecule has 0 aromatic carbocycles. The van der Waals surface area contributed by atoms with Crippen LogP contribution in [0, 0.1) is 45.3 Å². The number of fused-ring (bicyclic) bond motifs is 5. The SMILES string of the molecule is CC(C)=CCCC(O)(CO)C1CCC2(C)C1CCC1C3(C=O)CCC(OC4OC(CO)C(O)C(O)C4OC4OC(CO)C(O)C(O)C4O)C(C)(C)C3CCC12C. The second-order valence-corrected chi connectivity index (χ2v) is 19.6. The molecule has 2 saturated heterocycles. The zero-order chi connectivity index (χ0) is 41.2. The predicted molar refractivity (Wildman–Crippen MR) is 201 cm³/mol. The van der Waals surface area contributed by atoms with E-state index in [-0.39, 0.29) is 41.1 Å². The smallest absolute Gasteiger partial charge is 0.187 e. The van der Waals surface area contributed by atoms with E-state index >= 15 is 0 Å². The van der Waals surface area contributed by atoms with Crippen molar-refractivity contribution in [2.75, 3.05) is 19.8 Å². The van der Waals surface area contributed by atoms with Gasteiger partial charge in [-0.1, -0.05) is 39.3 Å². The summed E-state index contributed by atoms with van der Waals surface area (Å²) >= 11 is 0. The maximum Gasteiger partial charge on any atom is 0.187 e. The van der Waals surface area contributed by atoms with Crippen LogP contribution in [0.4, 0.5) is 0 Å². The minimum absolute atomic E-state index is 0.0310. The van der Waals surface area contributed by atoms with Gasteiger partial charge in [0, 0.05) is 5.41 Å². The number of ether oxygens (including phenoxy) is 4. The van der Waals surface area contributed by atoms with E-state index in [1.807, 2.05) is 13.8 Å². The number of hydrogen-bond acceptors (Lipinski definition) is 14. The molecule has 9 N–H and O–H groups in total. The van der Waals surface area contributed by atoms with Gasteiger partial charge in [-0.3, -0.25) is 0 Å². The highest BCUT2D eigenvalue weighted by Gasteiger charge is 2.71. The molecule has 4 saturated carbocycles. The summed E-state index contributed by atoms with van der Waals surface area (Å²) in [5.74, 6) is 0.184. The lowest BCUT2D eigenvalue weighted by Crippen LogP contribution is -2.67. The van der Waals surface area contributed by atoms with E-state index in [1.54, 1.807) is 0 Å². The van der Waals surface area contributed by atoms with Gasteiger partial charge in [0.05, 0.1) is 31.5 Å². The average Bonchev–Trinajstić information content (AvgIpc) is 3.53. The largest absolute Gasteiger partial charge is 0.394 e. The summed E-state index contributed by atoms with van der Waals surface area (Å²) in [5, 5.41) is 95.8. The molecule has 2 aliphatic heterocycles. The first-order valence-electron chi connectivity index (χ1n) is 21.0. The van der Waals surface area contributed by atoms with Crippen molar-refractivity contribution in [3.63, 3.8) is 0 Å². The molecule has 0 aromatic rings. The van der Waals surface area contributed by atoms with E-state index < -0.39 is 97.2 Å². The Labute approximate surface area is 331 Å². The van der Waals surface area contributed by atoms with E-state index in [9.17, 15) is 50.8 Å². The molecule has 19 unspecified atom stereocenters. The van der Waals surface area contributed by atoms with Gasteiger partial charge < -0.3 is 69.7 Å². The molecule has 19 atom stereocenters. The summed E-state index contributed by atoms with van der Waals surface area (Å²) < 4.78 is 24.2. The van der Waals surface area contributed by atoms with Crippen LogP contribution in [0.1, 0.15) is 106 Å². The normalized spacial score (nSPS) is 49.9. The van der Waals surface area contributed by atoms with Gasteiger partial charge in [0.15, 0.2) is 12.6 Å². The van der Waals surface area contributed by atoms with E-state index in [2.05, 4.69) is 33.8 Å². The standard InChI is InChI=1S/C42H70O14/c1-22(2)8-7-14-42(52,21-46)24-11-15-39(5)23(24)9-10-28-40(39,6)16-12-27-38(3,4)29(13-17-41(27,28)20-45)55-37-35(33(50)31(48)26(19-44)54-37)56-36-34(51)32(49)30(47)25(18-43)53-36/h8,20,23-37,43-44,46-52H,7,9-19,21H2,1-6H3. The number of aldehydes is 1. The highest BCUT2D eigenvalue weighted by atomic mass is 16.8. The van der Waals surface area contributed by atoms with Crippen LogP contribution in [-0.2, 0) is 23.7 Å². The van der Waals surface area contributed by atoms with Crippen LogP contribution in [0.15, 0.2) is 11.6 Å². The summed E-state index contributed by atoms with van der Waals surface area (Å²) in [7, 11) is 0. The monoisotopic (exact) mass is 798 g/mol. The van der Waals surface area contributed by atoms with Crippen molar-refractivity contribution in [1.29, 1.82) is 0 Å². The molecule has 56 heavy (non-hydrogen) atoms. The van der Waals surface area contributed by atoms with E-state index in [0.29, 0.717) is 25.7 Å². The van der Waals surface area contributed by atoms with Crippen LogP contribution >= 0.6 is 0 Å². The van der Waals surface area contributed by atoms with Crippen molar-refractivity contribution in [2.45, 2.75) is 179 Å². The fourth-order valence-corrected chi connectivity index (χ4v) is 13.2. The Morgan fingerprint density at radius 2 is 1.36 bits per heavy atom. The number of rotatable bonds is 12. The summed E-state index contributed by atoms with van der Waals surface area (Å²) in [6.07, 6.45) is -5.36. The van der Waals surface area contributed by atoms with Gasteiger partial charge in [-0.15, -0.1) is 0 Å². The number of aliphatic hydroxyl groups is 9. The van der Waals surface area contributed by atoms with Crippen LogP contribution in [0.5, 0.6) is 0 Å². The lowest BCUT2D eigenvalue weighted by molar-refractivity contribution is -0.378. The van der Waals surface area contributed by atoms with Crippen molar-refractivity contribution in [3.05, 3.63) is 11.6 Å². The molecule has 6 aliphatic rings. The number of hydrogen-bond donors (Lipinski definition) is 9. The zero-order valence-corrected chi connectivity index (χ0v) is 34.1. The number of aliphatic hydroxyl groups excluding tert-OH is 8. The number of carbonyl (C=O) groups excluding carboxylic acids is 1. The average molecular weight is 799 g/mol. The third-order valence-corrected chi connectivity index (χ3v) is 16.5. The van der Waals surface area contributed by atoms with Gasteiger partial charge in [-0.05, 0) is 118 Å². The summed E-state index contributed by atoms with van der Waals surface area (Å²) in [5.41, 5.74) is -1.56. The molecule has 0 spiro atoms. The molecule has 2 heterocycles. The summed E-state index contributed by atoms with van der Waals surface area (Å²) in [4.78, 5) is 13.8. The van der Waals surface area contributed by atoms with Crippen LogP contribution in [-0.4, -0.2) is 145 Å². The Hall–Kier alpha value is -1.11. The quantitative estimate of drug-likeness (QED) is 0.0770. The first-order chi connectivity index (χ1) is 26.3. The molecule has 0 amide bonds. The van der Waals surface area contributed by atoms with Crippen molar-refractivity contribution in [1.82, 2.24) is 0 Å². The highest BCUT2D eigenvalue weighted by Crippen LogP contribution is 2.75. The minimum atomic E-state index is -1.78. The van der Waals surface area contributed by atoms with Crippen LogP contribution in [0.3, 0.4) is 0 Å². The molecule has 4 aliphatic carbocycles. The van der Waals surface area contributed by atoms with Crippen LogP contribution in [0.25, 0.3) is 0 Å². The molecular weight excluding hydrogens is 728 g/mol. The first-order valence-corrected chi connectivity index (χ1v) is 21.0. The summed E-state index contributed by atoms with van der Waals surface area (Å²) in [6.45, 7) is 11.4. The Morgan fingerprint density at radius 1 is 0.732 bits per heavy atom. The third-order valence-electron chi connectivity index (χ3n) is 16.5. The lowest BCUT2D eigenvalue weighted by Gasteiger charge is -2.69. The van der Waals surface area contributed by atoms with E-state index in [0.717, 1.165) is 38.5 Å². The van der Waals surface area contributed by atoms with Crippen molar-refractivity contribution in [2.24, 2.45) is 45.3 Å². The molecule has 322 valence electrons. The van der Waals surface area contributed by atoms with Gasteiger partial charge in [0.2, 0.25) is 0 Å². The molecule has 0 radical (unpaired) electrons. The van der Waals surface area contributed by atoms with E-state index in [1.165, 1.54) is 11.9 Å². The second kappa shape index (κ2) is 16.4. The maximum atomic E-state index is 13.8. The number of allylic oxidation sites excluding steroid dienone is 2. The van der Waals surface area contributed by atoms with Crippen molar-refractivity contribution in [3.8, 4) is 0 Å². The van der Waals surface area contributed by atoms with E-state index in [4.69, 9.17) is 18.9 Å². The molecular formula is C42H70O14. The van der Waals surface area contributed by atoms with Crippen LogP contribution in [0.2, 0.25) is 0 Å². The first kappa shape index (κ1) is 44.4. The topological polar surface area (TPSA) is 236 Å². The number of carbonyl (C=O) groups is 1. The zero-order valence-electron chi connectivity index (χ0n) is 34.1. The fourth-order valence-electron chi connectivity index (χ4n) is 13.2. The second-order valence-electron chi connectivity index (χ2n) is 19.6. The Balaban J connectivity index is 1.24. The van der Waals surface area contributed by atoms with Crippen molar-refractivity contribution < 1.29 is 69.7 Å². The fraction of sp³-hybridized carbons (Fsp3) is 0.929. The minimum Gasteiger partial charge on any atom is -0.394 e. The van der Waals surface area contributed by atoms with Gasteiger partial charge >= 0.3 is 0 Å². The molecule has 14 nitrogen and oxygen atoms in total. The molecule has 0 aromatic heterocycles. The Kier molecular flexibility index (Phi) is 13.0. The molecule has 6 fully saturated rings. The van der Waals surface area contributed by atoms with Gasteiger partial charge in [0.1, 0.15) is 55.1 Å². The Bertz CT molecular complexity index is 1400. The van der Waals surface area contributed by atoms with Gasteiger partial charge in [0.25, 0.3) is 0 Å².